The van der Waals surface area contributed by atoms with Crippen molar-refractivity contribution in [3.05, 3.63) is 24.3 Å². The predicted molar refractivity (Wildman–Crippen MR) is 95.0 cm³/mol. The van der Waals surface area contributed by atoms with Crippen molar-refractivity contribution in [2.24, 2.45) is 0 Å². The molecule has 140 valence electrons. The van der Waals surface area contributed by atoms with Gasteiger partial charge in [0.15, 0.2) is 0 Å². The Balaban J connectivity index is -0.000000372. The van der Waals surface area contributed by atoms with Gasteiger partial charge in [-0.2, -0.15) is 0 Å². The van der Waals surface area contributed by atoms with Crippen LogP contribution in [0, 0.1) is 0 Å². The second kappa shape index (κ2) is 21.1. The topological polar surface area (TPSA) is 80.3 Å². The van der Waals surface area contributed by atoms with Crippen LogP contribution < -0.4 is 10.2 Å². The molecule has 0 unspecified atom stereocenters. The van der Waals surface area contributed by atoms with Crippen LogP contribution in [-0.4, -0.2) is 11.9 Å². The summed E-state index contributed by atoms with van der Waals surface area (Å²) in [6.45, 7) is 11.1. The minimum Gasteiger partial charge on any atom is -0.545 e. The zero-order valence-electron chi connectivity index (χ0n) is 16.2. The molecule has 0 aromatic heterocycles. The summed E-state index contributed by atoms with van der Waals surface area (Å²) in [5.41, 5.74) is 0.456. The summed E-state index contributed by atoms with van der Waals surface area (Å²) in [6, 6.07) is 0. The van der Waals surface area contributed by atoms with E-state index in [1.165, 1.54) is 38.5 Å². The largest absolute Gasteiger partial charge is 2.00 e. The molecular weight excluding hydrogens is 370 g/mol. The molecule has 0 N–H and O–H groups in total. The molecule has 0 aromatic carbocycles. The number of carboxylic acids is 2. The van der Waals surface area contributed by atoms with Crippen LogP contribution in [0.15, 0.2) is 24.3 Å². The van der Waals surface area contributed by atoms with Gasteiger partial charge in [-0.25, -0.2) is 0 Å². The second-order valence-corrected chi connectivity index (χ2v) is 6.11. The smallest absolute Gasteiger partial charge is 0.545 e. The fourth-order valence-corrected chi connectivity index (χ4v) is 2.09. The van der Waals surface area contributed by atoms with Crippen molar-refractivity contribution in [1.29, 1.82) is 0 Å². The molecule has 0 fully saturated rings. The summed E-state index contributed by atoms with van der Waals surface area (Å²) >= 11 is 0. The van der Waals surface area contributed by atoms with Gasteiger partial charge in [-0.15, -0.1) is 0 Å². The van der Waals surface area contributed by atoms with Crippen molar-refractivity contribution in [3.8, 4) is 0 Å². The number of hydrogen-bond donors (Lipinski definition) is 0. The zero-order chi connectivity index (χ0) is 18.8. The number of rotatable bonds is 14. The van der Waals surface area contributed by atoms with Gasteiger partial charge in [0.05, 0.1) is 11.9 Å². The number of carboxylic acid groups (broad SMARTS) is 2. The average Bonchev–Trinajstić information content (AvgIpc) is 2.54. The molecule has 25 heavy (non-hydrogen) atoms. The Morgan fingerprint density at radius 3 is 1.16 bits per heavy atom. The monoisotopic (exact) mass is 402 g/mol. The molecule has 0 rings (SSSR count). The van der Waals surface area contributed by atoms with Gasteiger partial charge in [0.2, 0.25) is 0 Å². The first kappa shape index (κ1) is 28.8. The van der Waals surface area contributed by atoms with Crippen molar-refractivity contribution in [2.45, 2.75) is 90.9 Å². The Morgan fingerprint density at radius 2 is 0.920 bits per heavy atom. The zero-order valence-corrected chi connectivity index (χ0v) is 19.2. The van der Waals surface area contributed by atoms with Crippen LogP contribution in [0.2, 0.25) is 0 Å². The van der Waals surface area contributed by atoms with E-state index in [2.05, 4.69) is 27.0 Å². The second-order valence-electron chi connectivity index (χ2n) is 6.11. The first-order chi connectivity index (χ1) is 11.4. The van der Waals surface area contributed by atoms with E-state index in [4.69, 9.17) is 0 Å². The summed E-state index contributed by atoms with van der Waals surface area (Å²) in [5, 5.41) is 20.4. The van der Waals surface area contributed by atoms with Crippen molar-refractivity contribution < 1.29 is 39.3 Å². The molecule has 4 nitrogen and oxygen atoms in total. The summed E-state index contributed by atoms with van der Waals surface area (Å²) in [5.74, 6) is -2.21. The van der Waals surface area contributed by atoms with Crippen LogP contribution in [0.5, 0.6) is 0 Å². The molecule has 0 heterocycles. The molecule has 0 aromatic rings. The van der Waals surface area contributed by atoms with Crippen molar-refractivity contribution in [3.63, 3.8) is 0 Å². The number of carbonyl (C=O) groups is 2. The standard InChI is InChI=1S/2C10H18O2.Zn/c2*1-3-4-5-6-7-8-9(2)10(11)12;/h2*2-8H2,1H3,(H,11,12);/q;;+2/p-2. The van der Waals surface area contributed by atoms with Crippen molar-refractivity contribution >= 4 is 11.9 Å². The third-order valence-electron chi connectivity index (χ3n) is 3.74. The summed E-state index contributed by atoms with van der Waals surface area (Å²) in [6.07, 6.45) is 12.5. The molecule has 0 aliphatic carbocycles. The summed E-state index contributed by atoms with van der Waals surface area (Å²) in [4.78, 5) is 20.4. The maximum atomic E-state index is 10.2. The molecule has 0 amide bonds. The predicted octanol–water partition coefficient (Wildman–Crippen LogP) is 3.30. The molecule has 0 saturated heterocycles. The van der Waals surface area contributed by atoms with Crippen molar-refractivity contribution in [1.82, 2.24) is 0 Å². The number of aliphatic carboxylic acids is 2. The van der Waals surface area contributed by atoms with Crippen LogP contribution in [0.25, 0.3) is 0 Å². The SMILES string of the molecule is C=C(CCCCCCC)C(=O)[O-].C=C(CCCCCCC)C(=O)[O-].[Zn+2]. The van der Waals surface area contributed by atoms with E-state index in [1.807, 2.05) is 0 Å². The van der Waals surface area contributed by atoms with E-state index in [1.54, 1.807) is 0 Å². The molecular formula is C20H34O4Zn. The van der Waals surface area contributed by atoms with Gasteiger partial charge < -0.3 is 19.8 Å². The first-order valence-corrected chi connectivity index (χ1v) is 9.14. The molecule has 0 bridgehead atoms. The van der Waals surface area contributed by atoms with Gasteiger partial charge >= 0.3 is 19.5 Å². The maximum Gasteiger partial charge on any atom is 2.00 e. The Bertz CT molecular complexity index is 342. The van der Waals surface area contributed by atoms with Crippen LogP contribution in [0.4, 0.5) is 0 Å². The fraction of sp³-hybridized carbons (Fsp3) is 0.700. The minimum absolute atomic E-state index is 0. The third-order valence-corrected chi connectivity index (χ3v) is 3.74. The number of unbranched alkanes of at least 4 members (excludes halogenated alkanes) is 8. The van der Waals surface area contributed by atoms with Gasteiger partial charge in [0, 0.05) is 0 Å². The number of hydrogen-bond acceptors (Lipinski definition) is 4. The molecule has 0 aliphatic heterocycles. The maximum absolute atomic E-state index is 10.2. The van der Waals surface area contributed by atoms with Crippen molar-refractivity contribution in [2.75, 3.05) is 0 Å². The summed E-state index contributed by atoms with van der Waals surface area (Å²) in [7, 11) is 0. The average molecular weight is 404 g/mol. The molecule has 0 saturated carbocycles. The molecule has 0 radical (unpaired) electrons. The van der Waals surface area contributed by atoms with E-state index in [9.17, 15) is 19.8 Å². The molecule has 0 aliphatic rings. The molecule has 0 spiro atoms. The minimum atomic E-state index is -1.11. The Morgan fingerprint density at radius 1 is 0.640 bits per heavy atom. The van der Waals surface area contributed by atoms with E-state index in [0.717, 1.165) is 25.7 Å². The first-order valence-electron chi connectivity index (χ1n) is 9.14. The van der Waals surface area contributed by atoms with E-state index < -0.39 is 11.9 Å². The quantitative estimate of drug-likeness (QED) is 0.253. The fourth-order valence-electron chi connectivity index (χ4n) is 2.09. The van der Waals surface area contributed by atoms with Gasteiger partial charge in [0.25, 0.3) is 0 Å². The van der Waals surface area contributed by atoms with Crippen LogP contribution in [0.1, 0.15) is 90.9 Å². The van der Waals surface area contributed by atoms with Crippen LogP contribution in [0.3, 0.4) is 0 Å². The normalized spacial score (nSPS) is 9.36. The molecule has 5 heteroatoms. The molecule has 0 atom stereocenters. The van der Waals surface area contributed by atoms with Gasteiger partial charge in [-0.05, 0) is 36.8 Å². The van der Waals surface area contributed by atoms with E-state index in [-0.39, 0.29) is 30.6 Å². The van der Waals surface area contributed by atoms with E-state index in [0.29, 0.717) is 12.8 Å². The Labute approximate surface area is 166 Å². The van der Waals surface area contributed by atoms with Gasteiger partial charge in [-0.1, -0.05) is 78.4 Å². The Hall–Kier alpha value is -0.957. The van der Waals surface area contributed by atoms with Crippen LogP contribution >= 0.6 is 0 Å². The third kappa shape index (κ3) is 23.0. The Kier molecular flexibility index (Phi) is 24.3. The summed E-state index contributed by atoms with van der Waals surface area (Å²) < 4.78 is 0. The van der Waals surface area contributed by atoms with Gasteiger partial charge in [0.1, 0.15) is 0 Å². The van der Waals surface area contributed by atoms with E-state index >= 15 is 0 Å². The number of carbonyl (C=O) groups excluding carboxylic acids is 2. The van der Waals surface area contributed by atoms with Crippen LogP contribution in [-0.2, 0) is 29.1 Å². The van der Waals surface area contributed by atoms with Gasteiger partial charge in [-0.3, -0.25) is 0 Å².